The molecule has 82 valence electrons. The summed E-state index contributed by atoms with van der Waals surface area (Å²) < 4.78 is 0. The van der Waals surface area contributed by atoms with Crippen LogP contribution in [0, 0.1) is 0 Å². The molecule has 1 fully saturated rings. The van der Waals surface area contributed by atoms with E-state index in [1.165, 1.54) is 0 Å². The maximum atomic E-state index is 11.4. The van der Waals surface area contributed by atoms with Crippen LogP contribution in [0.15, 0.2) is 30.3 Å². The first kappa shape index (κ1) is 10.2. The van der Waals surface area contributed by atoms with Crippen molar-refractivity contribution in [3.05, 3.63) is 30.3 Å². The molecule has 0 aromatic heterocycles. The van der Waals surface area contributed by atoms with Gasteiger partial charge >= 0.3 is 6.03 Å². The van der Waals surface area contributed by atoms with Crippen molar-refractivity contribution in [2.75, 3.05) is 5.43 Å². The van der Waals surface area contributed by atoms with Crippen molar-refractivity contribution < 1.29 is 14.4 Å². The molecule has 1 aliphatic rings. The summed E-state index contributed by atoms with van der Waals surface area (Å²) in [5.74, 6) is -1.15. The van der Waals surface area contributed by atoms with E-state index in [0.29, 0.717) is 5.69 Å². The van der Waals surface area contributed by atoms with Crippen LogP contribution in [-0.4, -0.2) is 22.9 Å². The number of amides is 4. The fourth-order valence-electron chi connectivity index (χ4n) is 1.30. The van der Waals surface area contributed by atoms with Gasteiger partial charge in [-0.1, -0.05) is 18.2 Å². The molecule has 16 heavy (non-hydrogen) atoms. The van der Waals surface area contributed by atoms with Crippen LogP contribution in [-0.2, 0) is 9.59 Å². The van der Waals surface area contributed by atoms with Crippen molar-refractivity contribution in [3.63, 3.8) is 0 Å². The van der Waals surface area contributed by atoms with Gasteiger partial charge in [-0.15, -0.1) is 0 Å². The number of hydrazine groups is 1. The number of nitrogens with zero attached hydrogens (tertiary/aromatic N) is 1. The van der Waals surface area contributed by atoms with Gasteiger partial charge in [0.15, 0.2) is 0 Å². The minimum atomic E-state index is -0.759. The molecule has 0 radical (unpaired) electrons. The van der Waals surface area contributed by atoms with Gasteiger partial charge in [0.1, 0.15) is 6.42 Å². The predicted octanol–water partition coefficient (Wildman–Crippen LogP) is 0.482. The van der Waals surface area contributed by atoms with Gasteiger partial charge in [0, 0.05) is 0 Å². The summed E-state index contributed by atoms with van der Waals surface area (Å²) in [7, 11) is 0. The van der Waals surface area contributed by atoms with E-state index >= 15 is 0 Å². The standard InChI is InChI=1S/C10H9N3O3/c14-8-6-9(15)13(10(16)11-8)12-7-4-2-1-3-5-7/h1-5,12H,6H2,(H,11,14,16). The van der Waals surface area contributed by atoms with Gasteiger partial charge in [0.25, 0.3) is 5.91 Å². The maximum absolute atomic E-state index is 11.4. The van der Waals surface area contributed by atoms with Gasteiger partial charge in [-0.05, 0) is 12.1 Å². The SMILES string of the molecule is O=C1CC(=O)N(Nc2ccccc2)C(=O)N1. The highest BCUT2D eigenvalue weighted by Crippen LogP contribution is 2.09. The normalized spacial score (nSPS) is 16.0. The van der Waals surface area contributed by atoms with Gasteiger partial charge in [0.2, 0.25) is 5.91 Å². The molecule has 6 nitrogen and oxygen atoms in total. The second kappa shape index (κ2) is 4.01. The van der Waals surface area contributed by atoms with Crippen LogP contribution >= 0.6 is 0 Å². The molecule has 0 bridgehead atoms. The molecule has 0 saturated carbocycles. The first-order valence-electron chi connectivity index (χ1n) is 4.65. The lowest BCUT2D eigenvalue weighted by Crippen LogP contribution is -2.54. The Morgan fingerprint density at radius 1 is 1.12 bits per heavy atom. The van der Waals surface area contributed by atoms with Crippen molar-refractivity contribution in [2.45, 2.75) is 6.42 Å². The number of rotatable bonds is 2. The fraction of sp³-hybridized carbons (Fsp3) is 0.100. The number of carbonyl (C=O) groups excluding carboxylic acids is 3. The number of benzene rings is 1. The summed E-state index contributed by atoms with van der Waals surface area (Å²) in [6, 6.07) is 7.99. The second-order valence-corrected chi connectivity index (χ2v) is 3.24. The third kappa shape index (κ3) is 2.00. The van der Waals surface area contributed by atoms with Crippen LogP contribution in [0.2, 0.25) is 0 Å². The number of para-hydroxylation sites is 1. The van der Waals surface area contributed by atoms with E-state index in [1.807, 2.05) is 11.4 Å². The lowest BCUT2D eigenvalue weighted by atomic mass is 10.3. The Balaban J connectivity index is 2.13. The lowest BCUT2D eigenvalue weighted by Gasteiger charge is -2.25. The maximum Gasteiger partial charge on any atom is 0.350 e. The number of imide groups is 2. The van der Waals surface area contributed by atoms with E-state index in [4.69, 9.17) is 0 Å². The lowest BCUT2D eigenvalue weighted by molar-refractivity contribution is -0.135. The molecule has 6 heteroatoms. The first-order chi connectivity index (χ1) is 7.66. The molecule has 4 amide bonds. The molecule has 0 spiro atoms. The predicted molar refractivity (Wildman–Crippen MR) is 55.1 cm³/mol. The van der Waals surface area contributed by atoms with Gasteiger partial charge in [-0.3, -0.25) is 20.3 Å². The zero-order chi connectivity index (χ0) is 11.5. The van der Waals surface area contributed by atoms with Crippen molar-refractivity contribution in [2.24, 2.45) is 0 Å². The van der Waals surface area contributed by atoms with Crippen LogP contribution in [0.4, 0.5) is 10.5 Å². The minimum absolute atomic E-state index is 0.328. The molecule has 1 heterocycles. The third-order valence-electron chi connectivity index (χ3n) is 2.03. The summed E-state index contributed by atoms with van der Waals surface area (Å²) in [4.78, 5) is 33.6. The minimum Gasteiger partial charge on any atom is -0.287 e. The average molecular weight is 219 g/mol. The van der Waals surface area contributed by atoms with E-state index in [0.717, 1.165) is 5.01 Å². The molecule has 0 atom stereocenters. The third-order valence-corrected chi connectivity index (χ3v) is 2.03. The molecule has 1 aromatic rings. The summed E-state index contributed by atoms with van der Waals surface area (Å²) >= 11 is 0. The molecule has 0 unspecified atom stereocenters. The smallest absolute Gasteiger partial charge is 0.287 e. The molecule has 2 N–H and O–H groups in total. The highest BCUT2D eigenvalue weighted by atomic mass is 16.2. The summed E-state index contributed by atoms with van der Waals surface area (Å²) in [5.41, 5.74) is 3.22. The Morgan fingerprint density at radius 3 is 2.44 bits per heavy atom. The average Bonchev–Trinajstić information content (AvgIpc) is 2.25. The number of anilines is 1. The number of barbiturate groups is 1. The Labute approximate surface area is 91.2 Å². The van der Waals surface area contributed by atoms with Crippen molar-refractivity contribution >= 4 is 23.5 Å². The molecule has 1 aromatic carbocycles. The summed E-state index contributed by atoms with van der Waals surface area (Å²) in [5, 5.41) is 2.83. The Hall–Kier alpha value is -2.37. The van der Waals surface area contributed by atoms with Crippen LogP contribution in [0.3, 0.4) is 0 Å². The summed E-state index contributed by atoms with van der Waals surface area (Å²) in [6.07, 6.45) is -0.328. The molecule has 1 saturated heterocycles. The van der Waals surface area contributed by atoms with Crippen molar-refractivity contribution in [3.8, 4) is 0 Å². The topological polar surface area (TPSA) is 78.5 Å². The van der Waals surface area contributed by atoms with Gasteiger partial charge in [-0.2, -0.15) is 5.01 Å². The Morgan fingerprint density at radius 2 is 1.81 bits per heavy atom. The number of hydrogen-bond donors (Lipinski definition) is 2. The molecule has 1 aliphatic heterocycles. The fourth-order valence-corrected chi connectivity index (χ4v) is 1.30. The Bertz CT molecular complexity index is 424. The second-order valence-electron chi connectivity index (χ2n) is 3.24. The van der Waals surface area contributed by atoms with E-state index in [1.54, 1.807) is 24.3 Å². The molecule has 0 aliphatic carbocycles. The highest BCUT2D eigenvalue weighted by molar-refractivity contribution is 6.14. The molecular formula is C10H9N3O3. The number of hydrogen-bond acceptors (Lipinski definition) is 4. The van der Waals surface area contributed by atoms with Gasteiger partial charge in [0.05, 0.1) is 5.69 Å². The van der Waals surface area contributed by atoms with Crippen LogP contribution in [0.1, 0.15) is 6.42 Å². The number of urea groups is 1. The summed E-state index contributed by atoms with van der Waals surface area (Å²) in [6.45, 7) is 0. The van der Waals surface area contributed by atoms with E-state index in [9.17, 15) is 14.4 Å². The van der Waals surface area contributed by atoms with E-state index in [-0.39, 0.29) is 6.42 Å². The van der Waals surface area contributed by atoms with Gasteiger partial charge in [-0.25, -0.2) is 4.79 Å². The van der Waals surface area contributed by atoms with Crippen molar-refractivity contribution in [1.29, 1.82) is 0 Å². The first-order valence-corrected chi connectivity index (χ1v) is 4.65. The van der Waals surface area contributed by atoms with Crippen LogP contribution in [0.25, 0.3) is 0 Å². The van der Waals surface area contributed by atoms with E-state index < -0.39 is 17.8 Å². The van der Waals surface area contributed by atoms with E-state index in [2.05, 4.69) is 5.43 Å². The quantitative estimate of drug-likeness (QED) is 0.709. The van der Waals surface area contributed by atoms with Crippen LogP contribution < -0.4 is 10.7 Å². The molecular weight excluding hydrogens is 210 g/mol. The largest absolute Gasteiger partial charge is 0.350 e. The van der Waals surface area contributed by atoms with Crippen LogP contribution in [0.5, 0.6) is 0 Å². The zero-order valence-corrected chi connectivity index (χ0v) is 8.27. The van der Waals surface area contributed by atoms with Crippen molar-refractivity contribution in [1.82, 2.24) is 10.3 Å². The molecule has 2 rings (SSSR count). The number of carbonyl (C=O) groups is 3. The Kier molecular flexibility index (Phi) is 2.55. The van der Waals surface area contributed by atoms with Gasteiger partial charge < -0.3 is 0 Å². The highest BCUT2D eigenvalue weighted by Gasteiger charge is 2.30. The number of nitrogens with one attached hydrogen (secondary N) is 2. The zero-order valence-electron chi connectivity index (χ0n) is 8.27. The monoisotopic (exact) mass is 219 g/mol.